The Balaban J connectivity index is 2.68. The molecule has 0 saturated heterocycles. The molecule has 0 heterocycles. The molecule has 0 aliphatic heterocycles. The van der Waals surface area contributed by atoms with Crippen LogP contribution in [0.1, 0.15) is 18.9 Å². The van der Waals surface area contributed by atoms with Gasteiger partial charge >= 0.3 is 0 Å². The Labute approximate surface area is 84.5 Å². The van der Waals surface area contributed by atoms with Crippen molar-refractivity contribution in [1.82, 2.24) is 0 Å². The van der Waals surface area contributed by atoms with E-state index in [0.717, 1.165) is 29.8 Å². The first-order valence-corrected chi connectivity index (χ1v) is 4.90. The molecule has 0 aliphatic rings. The maximum Gasteiger partial charge on any atom is 0.121 e. The average molecular weight is 195 g/mol. The van der Waals surface area contributed by atoms with E-state index in [1.165, 1.54) is 0 Å². The second-order valence-corrected chi connectivity index (χ2v) is 3.12. The van der Waals surface area contributed by atoms with Gasteiger partial charge in [-0.2, -0.15) is 0 Å². The maximum atomic E-state index is 8.69. The van der Waals surface area contributed by atoms with E-state index in [2.05, 4.69) is 0 Å². The van der Waals surface area contributed by atoms with Crippen LogP contribution in [0, 0.1) is 0 Å². The normalized spacial score (nSPS) is 10.1. The molecule has 3 N–H and O–H groups in total. The largest absolute Gasteiger partial charge is 0.494 e. The van der Waals surface area contributed by atoms with E-state index < -0.39 is 0 Å². The van der Waals surface area contributed by atoms with Gasteiger partial charge in [0.15, 0.2) is 0 Å². The molecule has 0 radical (unpaired) electrons. The van der Waals surface area contributed by atoms with E-state index in [9.17, 15) is 0 Å². The predicted molar refractivity (Wildman–Crippen MR) is 57.4 cm³/mol. The van der Waals surface area contributed by atoms with Crippen molar-refractivity contribution in [2.75, 3.05) is 18.9 Å². The minimum absolute atomic E-state index is 0.201. The zero-order chi connectivity index (χ0) is 10.4. The van der Waals surface area contributed by atoms with Crippen LogP contribution in [0.25, 0.3) is 0 Å². The highest BCUT2D eigenvalue weighted by Gasteiger charge is 2.00. The summed E-state index contributed by atoms with van der Waals surface area (Å²) in [4.78, 5) is 0. The van der Waals surface area contributed by atoms with Crippen molar-refractivity contribution < 1.29 is 9.84 Å². The average Bonchev–Trinajstić information content (AvgIpc) is 2.17. The number of hydrogen-bond donors (Lipinski definition) is 2. The summed E-state index contributed by atoms with van der Waals surface area (Å²) >= 11 is 0. The van der Waals surface area contributed by atoms with Crippen molar-refractivity contribution in [3.63, 3.8) is 0 Å². The molecule has 14 heavy (non-hydrogen) atoms. The SMILES string of the molecule is CCOc1ccc(CCCO)c(N)c1. The van der Waals surface area contributed by atoms with Gasteiger partial charge in [-0.15, -0.1) is 0 Å². The summed E-state index contributed by atoms with van der Waals surface area (Å²) in [7, 11) is 0. The van der Waals surface area contributed by atoms with Crippen LogP contribution in [-0.2, 0) is 6.42 Å². The lowest BCUT2D eigenvalue weighted by molar-refractivity contribution is 0.288. The van der Waals surface area contributed by atoms with Crippen LogP contribution in [0.15, 0.2) is 18.2 Å². The van der Waals surface area contributed by atoms with Crippen LogP contribution in [0.4, 0.5) is 5.69 Å². The van der Waals surface area contributed by atoms with E-state index in [4.69, 9.17) is 15.6 Å². The molecule has 1 aromatic rings. The van der Waals surface area contributed by atoms with Crippen molar-refractivity contribution in [3.05, 3.63) is 23.8 Å². The molecule has 0 aromatic heterocycles. The van der Waals surface area contributed by atoms with Gasteiger partial charge in [-0.3, -0.25) is 0 Å². The standard InChI is InChI=1S/C11H17NO2/c1-2-14-10-6-5-9(4-3-7-13)11(12)8-10/h5-6,8,13H,2-4,7,12H2,1H3. The highest BCUT2D eigenvalue weighted by atomic mass is 16.5. The van der Waals surface area contributed by atoms with Crippen LogP contribution >= 0.6 is 0 Å². The molecule has 1 rings (SSSR count). The van der Waals surface area contributed by atoms with Crippen molar-refractivity contribution in [2.45, 2.75) is 19.8 Å². The first-order chi connectivity index (χ1) is 6.77. The summed E-state index contributed by atoms with van der Waals surface area (Å²) in [6.07, 6.45) is 1.56. The zero-order valence-electron chi connectivity index (χ0n) is 8.49. The number of hydrogen-bond acceptors (Lipinski definition) is 3. The van der Waals surface area contributed by atoms with Crippen LogP contribution in [0.2, 0.25) is 0 Å². The van der Waals surface area contributed by atoms with Gasteiger partial charge < -0.3 is 15.6 Å². The summed E-state index contributed by atoms with van der Waals surface area (Å²) in [6.45, 7) is 2.79. The Kier molecular flexibility index (Phi) is 4.26. The molecule has 0 saturated carbocycles. The van der Waals surface area contributed by atoms with Crippen molar-refractivity contribution in [3.8, 4) is 5.75 Å². The van der Waals surface area contributed by atoms with Crippen LogP contribution < -0.4 is 10.5 Å². The third kappa shape index (κ3) is 2.92. The molecular formula is C11H17NO2. The van der Waals surface area contributed by atoms with Crippen LogP contribution in [0.3, 0.4) is 0 Å². The van der Waals surface area contributed by atoms with Crippen LogP contribution in [-0.4, -0.2) is 18.3 Å². The Morgan fingerprint density at radius 2 is 2.21 bits per heavy atom. The van der Waals surface area contributed by atoms with Gasteiger partial charge in [0.25, 0.3) is 0 Å². The second kappa shape index (κ2) is 5.50. The van der Waals surface area contributed by atoms with E-state index >= 15 is 0 Å². The molecule has 78 valence electrons. The lowest BCUT2D eigenvalue weighted by Crippen LogP contribution is -1.98. The number of nitrogens with two attached hydrogens (primary N) is 1. The smallest absolute Gasteiger partial charge is 0.121 e. The highest BCUT2D eigenvalue weighted by molar-refractivity contribution is 5.51. The van der Waals surface area contributed by atoms with Gasteiger partial charge in [0, 0.05) is 18.4 Å². The third-order valence-corrected chi connectivity index (χ3v) is 2.03. The lowest BCUT2D eigenvalue weighted by atomic mass is 10.1. The van der Waals surface area contributed by atoms with Gasteiger partial charge in [-0.05, 0) is 31.4 Å². The maximum absolute atomic E-state index is 8.69. The highest BCUT2D eigenvalue weighted by Crippen LogP contribution is 2.20. The predicted octanol–water partition coefficient (Wildman–Crippen LogP) is 1.59. The molecule has 3 heteroatoms. The van der Waals surface area contributed by atoms with Gasteiger partial charge in [-0.25, -0.2) is 0 Å². The molecule has 0 bridgehead atoms. The molecule has 0 atom stereocenters. The third-order valence-electron chi connectivity index (χ3n) is 2.03. The first-order valence-electron chi connectivity index (χ1n) is 4.90. The second-order valence-electron chi connectivity index (χ2n) is 3.12. The number of anilines is 1. The molecule has 1 aromatic carbocycles. The molecule has 0 aliphatic carbocycles. The summed E-state index contributed by atoms with van der Waals surface area (Å²) in [5.41, 5.74) is 7.64. The van der Waals surface area contributed by atoms with Crippen molar-refractivity contribution in [1.29, 1.82) is 0 Å². The van der Waals surface area contributed by atoms with E-state index in [1.54, 1.807) is 0 Å². The summed E-state index contributed by atoms with van der Waals surface area (Å²) in [5, 5.41) is 8.69. The number of rotatable bonds is 5. The number of aryl methyl sites for hydroxylation is 1. The molecule has 0 spiro atoms. The minimum Gasteiger partial charge on any atom is -0.494 e. The molecule has 3 nitrogen and oxygen atoms in total. The topological polar surface area (TPSA) is 55.5 Å². The summed E-state index contributed by atoms with van der Waals surface area (Å²) < 4.78 is 5.32. The fourth-order valence-electron chi connectivity index (χ4n) is 1.33. The zero-order valence-corrected chi connectivity index (χ0v) is 8.49. The number of benzene rings is 1. The lowest BCUT2D eigenvalue weighted by Gasteiger charge is -2.08. The number of aliphatic hydroxyl groups excluding tert-OH is 1. The molecule has 0 amide bonds. The molecule has 0 fully saturated rings. The number of ether oxygens (including phenoxy) is 1. The van der Waals surface area contributed by atoms with Gasteiger partial charge in [-0.1, -0.05) is 6.07 Å². The Hall–Kier alpha value is -1.22. The van der Waals surface area contributed by atoms with E-state index in [0.29, 0.717) is 6.61 Å². The van der Waals surface area contributed by atoms with Crippen molar-refractivity contribution >= 4 is 5.69 Å². The fraction of sp³-hybridized carbons (Fsp3) is 0.455. The Morgan fingerprint density at radius 1 is 1.43 bits per heavy atom. The first kappa shape index (κ1) is 10.9. The van der Waals surface area contributed by atoms with Gasteiger partial charge in [0.2, 0.25) is 0 Å². The number of aliphatic hydroxyl groups is 1. The number of nitrogen functional groups attached to an aromatic ring is 1. The van der Waals surface area contributed by atoms with Gasteiger partial charge in [0.05, 0.1) is 6.61 Å². The van der Waals surface area contributed by atoms with Gasteiger partial charge in [0.1, 0.15) is 5.75 Å². The quantitative estimate of drug-likeness (QED) is 0.701. The van der Waals surface area contributed by atoms with Crippen molar-refractivity contribution in [2.24, 2.45) is 0 Å². The monoisotopic (exact) mass is 195 g/mol. The fourth-order valence-corrected chi connectivity index (χ4v) is 1.33. The Morgan fingerprint density at radius 3 is 2.79 bits per heavy atom. The summed E-state index contributed by atoms with van der Waals surface area (Å²) in [5.74, 6) is 0.803. The summed E-state index contributed by atoms with van der Waals surface area (Å²) in [6, 6.07) is 5.69. The van der Waals surface area contributed by atoms with E-state index in [-0.39, 0.29) is 6.61 Å². The van der Waals surface area contributed by atoms with Crippen LogP contribution in [0.5, 0.6) is 5.75 Å². The molecular weight excluding hydrogens is 178 g/mol. The Bertz CT molecular complexity index is 287. The molecule has 0 unspecified atom stereocenters. The minimum atomic E-state index is 0.201. The van der Waals surface area contributed by atoms with E-state index in [1.807, 2.05) is 25.1 Å².